The molecule has 138 valence electrons. The van der Waals surface area contributed by atoms with Gasteiger partial charge in [0.25, 0.3) is 0 Å². The zero-order valence-electron chi connectivity index (χ0n) is 15.0. The summed E-state index contributed by atoms with van der Waals surface area (Å²) in [5.74, 6) is 0.817. The number of nitrogens with zero attached hydrogens (tertiary/aromatic N) is 2. The van der Waals surface area contributed by atoms with Gasteiger partial charge < -0.3 is 14.6 Å². The van der Waals surface area contributed by atoms with Crippen LogP contribution < -0.4 is 0 Å². The lowest BCUT2D eigenvalue weighted by atomic mass is 9.99. The Hall–Kier alpha value is -0.880. The van der Waals surface area contributed by atoms with Gasteiger partial charge in [-0.05, 0) is 68.2 Å². The summed E-state index contributed by atoms with van der Waals surface area (Å²) in [6.45, 7) is 5.90. The minimum Gasteiger partial charge on any atom is -0.390 e. The molecule has 1 aliphatic heterocycles. The molecular weight excluding hydrogens is 456 g/mol. The van der Waals surface area contributed by atoms with Crippen LogP contribution in [0.5, 0.6) is 0 Å². The van der Waals surface area contributed by atoms with Crippen LogP contribution in [-0.2, 0) is 6.54 Å². The van der Waals surface area contributed by atoms with E-state index >= 15 is 0 Å². The van der Waals surface area contributed by atoms with Gasteiger partial charge in [0.1, 0.15) is 0 Å². The maximum Gasteiger partial charge on any atom is 0.0845 e. The summed E-state index contributed by atoms with van der Waals surface area (Å²) in [6.07, 6.45) is 2.11. The molecular formula is C21H24Br2N2O. The lowest BCUT2D eigenvalue weighted by molar-refractivity contribution is 0.0817. The number of likely N-dealkylation sites (tertiary alicyclic amines) is 1. The van der Waals surface area contributed by atoms with Crippen LogP contribution in [0.3, 0.4) is 0 Å². The van der Waals surface area contributed by atoms with E-state index < -0.39 is 0 Å². The Morgan fingerprint density at radius 2 is 1.50 bits per heavy atom. The molecule has 1 aromatic heterocycles. The third-order valence-electron chi connectivity index (χ3n) is 5.53. The second-order valence-corrected chi connectivity index (χ2v) is 9.40. The highest BCUT2D eigenvalue weighted by Gasteiger charge is 2.20. The minimum atomic E-state index is -0.366. The summed E-state index contributed by atoms with van der Waals surface area (Å²) in [5, 5.41) is 13.2. The monoisotopic (exact) mass is 478 g/mol. The average molecular weight is 480 g/mol. The molecule has 1 aliphatic rings. The Morgan fingerprint density at radius 1 is 0.962 bits per heavy atom. The van der Waals surface area contributed by atoms with E-state index in [2.05, 4.69) is 84.6 Å². The highest BCUT2D eigenvalue weighted by molar-refractivity contribution is 9.10. The predicted molar refractivity (Wildman–Crippen MR) is 116 cm³/mol. The van der Waals surface area contributed by atoms with Gasteiger partial charge in [0.05, 0.1) is 12.6 Å². The van der Waals surface area contributed by atoms with E-state index in [1.54, 1.807) is 0 Å². The fourth-order valence-corrected chi connectivity index (χ4v) is 4.78. The van der Waals surface area contributed by atoms with E-state index in [1.807, 2.05) is 0 Å². The maximum absolute atomic E-state index is 10.8. The van der Waals surface area contributed by atoms with Gasteiger partial charge in [0, 0.05) is 37.3 Å². The molecule has 0 radical (unpaired) electrons. The fraction of sp³-hybridized carbons (Fsp3) is 0.429. The van der Waals surface area contributed by atoms with Gasteiger partial charge >= 0.3 is 0 Å². The van der Waals surface area contributed by atoms with E-state index in [1.165, 1.54) is 34.6 Å². The first kappa shape index (κ1) is 18.5. The largest absolute Gasteiger partial charge is 0.390 e. The Bertz CT molecular complexity index is 869. The van der Waals surface area contributed by atoms with E-state index in [4.69, 9.17) is 0 Å². The summed E-state index contributed by atoms with van der Waals surface area (Å²) in [4.78, 5) is 2.41. The SMILES string of the molecule is CC1CCN(C[C@H](O)Cn2c3ccc(Br)cc3c3cc(Br)ccc32)CC1. The Kier molecular flexibility index (Phi) is 5.42. The van der Waals surface area contributed by atoms with Crippen LogP contribution in [0.2, 0.25) is 0 Å². The molecule has 1 fully saturated rings. The second kappa shape index (κ2) is 7.63. The highest BCUT2D eigenvalue weighted by atomic mass is 79.9. The molecule has 1 atom stereocenters. The molecule has 0 bridgehead atoms. The summed E-state index contributed by atoms with van der Waals surface area (Å²) in [7, 11) is 0. The number of hydrogen-bond donors (Lipinski definition) is 1. The molecule has 0 aliphatic carbocycles. The molecule has 3 aromatic rings. The summed E-state index contributed by atoms with van der Waals surface area (Å²) in [6, 6.07) is 12.8. The van der Waals surface area contributed by atoms with Gasteiger partial charge in [-0.25, -0.2) is 0 Å². The molecule has 1 N–H and O–H groups in total. The fourth-order valence-electron chi connectivity index (χ4n) is 4.06. The van der Waals surface area contributed by atoms with Crippen molar-refractivity contribution >= 4 is 53.7 Å². The Labute approximate surface area is 171 Å². The van der Waals surface area contributed by atoms with Crippen LogP contribution in [0.1, 0.15) is 19.8 Å². The lowest BCUT2D eigenvalue weighted by Crippen LogP contribution is -2.39. The second-order valence-electron chi connectivity index (χ2n) is 7.57. The summed E-state index contributed by atoms with van der Waals surface area (Å²) >= 11 is 7.18. The van der Waals surface area contributed by atoms with Gasteiger partial charge in [-0.15, -0.1) is 0 Å². The normalized spacial score (nSPS) is 18.0. The maximum atomic E-state index is 10.8. The zero-order chi connectivity index (χ0) is 18.3. The molecule has 5 heteroatoms. The van der Waals surface area contributed by atoms with Crippen molar-refractivity contribution in [2.45, 2.75) is 32.4 Å². The average Bonchev–Trinajstić information content (AvgIpc) is 2.89. The van der Waals surface area contributed by atoms with Crippen molar-refractivity contribution in [1.29, 1.82) is 0 Å². The van der Waals surface area contributed by atoms with Crippen molar-refractivity contribution in [3.05, 3.63) is 45.3 Å². The predicted octanol–water partition coefficient (Wildman–Crippen LogP) is 5.41. The first-order valence-electron chi connectivity index (χ1n) is 9.28. The number of benzene rings is 2. The number of aliphatic hydroxyl groups is 1. The standard InChI is InChI=1S/C21H24Br2N2O/c1-14-6-8-24(9-7-14)12-17(26)13-25-20-4-2-15(22)10-18(20)19-11-16(23)3-5-21(19)25/h2-5,10-11,14,17,26H,6-9,12-13H2,1H3/t17-/m0/s1. The highest BCUT2D eigenvalue weighted by Crippen LogP contribution is 2.33. The molecule has 4 rings (SSSR count). The van der Waals surface area contributed by atoms with E-state index in [0.29, 0.717) is 6.54 Å². The number of β-amino-alcohol motifs (C(OH)–C–C–N with tert-alkyl or cyclic N) is 1. The van der Waals surface area contributed by atoms with Gasteiger partial charge in [0.2, 0.25) is 0 Å². The summed E-state index contributed by atoms with van der Waals surface area (Å²) < 4.78 is 4.42. The number of aromatic nitrogens is 1. The van der Waals surface area contributed by atoms with Gasteiger partial charge in [0.15, 0.2) is 0 Å². The van der Waals surface area contributed by atoms with Crippen LogP contribution >= 0.6 is 31.9 Å². The molecule has 3 nitrogen and oxygen atoms in total. The molecule has 26 heavy (non-hydrogen) atoms. The van der Waals surface area contributed by atoms with E-state index in [-0.39, 0.29) is 6.10 Å². The smallest absolute Gasteiger partial charge is 0.0845 e. The molecule has 1 saturated heterocycles. The third-order valence-corrected chi connectivity index (χ3v) is 6.51. The molecule has 2 heterocycles. The Balaban J connectivity index is 1.64. The first-order valence-corrected chi connectivity index (χ1v) is 10.9. The quantitative estimate of drug-likeness (QED) is 0.541. The van der Waals surface area contributed by atoms with Crippen molar-refractivity contribution in [3.8, 4) is 0 Å². The number of aliphatic hydroxyl groups excluding tert-OH is 1. The lowest BCUT2D eigenvalue weighted by Gasteiger charge is -2.31. The molecule has 0 saturated carbocycles. The van der Waals surface area contributed by atoms with Crippen molar-refractivity contribution in [3.63, 3.8) is 0 Å². The van der Waals surface area contributed by atoms with Crippen LogP contribution in [0, 0.1) is 5.92 Å². The first-order chi connectivity index (χ1) is 12.5. The number of piperidine rings is 1. The van der Waals surface area contributed by atoms with Gasteiger partial charge in [-0.1, -0.05) is 38.8 Å². The van der Waals surface area contributed by atoms with E-state index in [9.17, 15) is 5.11 Å². The summed E-state index contributed by atoms with van der Waals surface area (Å²) in [5.41, 5.74) is 2.35. The molecule has 2 aromatic carbocycles. The number of halogens is 2. The van der Waals surface area contributed by atoms with Crippen molar-refractivity contribution in [2.75, 3.05) is 19.6 Å². The third kappa shape index (κ3) is 3.72. The van der Waals surface area contributed by atoms with Crippen LogP contribution in [0.25, 0.3) is 21.8 Å². The molecule has 0 unspecified atom stereocenters. The zero-order valence-corrected chi connectivity index (χ0v) is 18.1. The van der Waals surface area contributed by atoms with Crippen molar-refractivity contribution < 1.29 is 5.11 Å². The molecule has 0 spiro atoms. The Morgan fingerprint density at radius 3 is 2.04 bits per heavy atom. The van der Waals surface area contributed by atoms with E-state index in [0.717, 1.165) is 34.5 Å². The van der Waals surface area contributed by atoms with Crippen molar-refractivity contribution in [1.82, 2.24) is 9.47 Å². The van der Waals surface area contributed by atoms with Gasteiger partial charge in [-0.2, -0.15) is 0 Å². The van der Waals surface area contributed by atoms with Gasteiger partial charge in [-0.3, -0.25) is 0 Å². The van der Waals surface area contributed by atoms with Crippen LogP contribution in [0.4, 0.5) is 0 Å². The van der Waals surface area contributed by atoms with Crippen LogP contribution in [0.15, 0.2) is 45.3 Å². The van der Waals surface area contributed by atoms with Crippen molar-refractivity contribution in [2.24, 2.45) is 5.92 Å². The topological polar surface area (TPSA) is 28.4 Å². The number of fused-ring (bicyclic) bond motifs is 3. The van der Waals surface area contributed by atoms with Crippen LogP contribution in [-0.4, -0.2) is 40.3 Å². The minimum absolute atomic E-state index is 0.366. The number of rotatable bonds is 4. The molecule has 0 amide bonds. The number of hydrogen-bond acceptors (Lipinski definition) is 2.